The highest BCUT2D eigenvalue weighted by Crippen LogP contribution is 2.16. The molecule has 0 saturated heterocycles. The predicted octanol–water partition coefficient (Wildman–Crippen LogP) is 1.66. The molecule has 84 valence electrons. The third kappa shape index (κ3) is 2.95. The van der Waals surface area contributed by atoms with Crippen molar-refractivity contribution in [1.29, 1.82) is 0 Å². The summed E-state index contributed by atoms with van der Waals surface area (Å²) >= 11 is 0. The zero-order chi connectivity index (χ0) is 12.0. The van der Waals surface area contributed by atoms with Gasteiger partial charge in [0, 0.05) is 5.69 Å². The van der Waals surface area contributed by atoms with Gasteiger partial charge in [0.15, 0.2) is 0 Å². The summed E-state index contributed by atoms with van der Waals surface area (Å²) in [6.45, 7) is 2.02. The number of nitrogens with two attached hydrogens (primary N) is 1. The molecule has 0 aliphatic heterocycles. The van der Waals surface area contributed by atoms with Crippen LogP contribution in [0.3, 0.4) is 0 Å². The molecule has 1 rings (SSSR count). The van der Waals surface area contributed by atoms with E-state index >= 15 is 0 Å². The van der Waals surface area contributed by atoms with Crippen LogP contribution >= 0.6 is 0 Å². The van der Waals surface area contributed by atoms with Gasteiger partial charge in [0.05, 0.1) is 12.2 Å². The molecular formula is C12H13NO3. The minimum Gasteiger partial charge on any atom is -0.462 e. The molecule has 0 saturated carbocycles. The van der Waals surface area contributed by atoms with Crippen molar-refractivity contribution in [3.05, 3.63) is 35.4 Å². The van der Waals surface area contributed by atoms with Gasteiger partial charge < -0.3 is 10.5 Å². The van der Waals surface area contributed by atoms with E-state index in [1.54, 1.807) is 31.2 Å². The first kappa shape index (κ1) is 12.0. The van der Waals surface area contributed by atoms with Crippen molar-refractivity contribution in [2.24, 2.45) is 0 Å². The Kier molecular flexibility index (Phi) is 4.27. The quantitative estimate of drug-likeness (QED) is 0.362. The van der Waals surface area contributed by atoms with Gasteiger partial charge in [-0.3, -0.25) is 4.79 Å². The van der Waals surface area contributed by atoms with E-state index in [4.69, 9.17) is 10.5 Å². The number of hydrogen-bond donors (Lipinski definition) is 1. The van der Waals surface area contributed by atoms with Gasteiger partial charge in [-0.15, -0.1) is 0 Å². The van der Waals surface area contributed by atoms with Gasteiger partial charge in [-0.1, -0.05) is 12.1 Å². The monoisotopic (exact) mass is 219 g/mol. The minimum absolute atomic E-state index is 0.298. The number of allylic oxidation sites excluding steroid dienone is 1. The molecule has 0 aliphatic carbocycles. The minimum atomic E-state index is -0.457. The maximum Gasteiger partial charge on any atom is 0.340 e. The summed E-state index contributed by atoms with van der Waals surface area (Å²) in [5, 5.41) is 0. The van der Waals surface area contributed by atoms with Crippen LogP contribution in [0.15, 0.2) is 24.3 Å². The van der Waals surface area contributed by atoms with Crippen LogP contribution in [0.2, 0.25) is 0 Å². The van der Waals surface area contributed by atoms with Crippen molar-refractivity contribution in [2.75, 3.05) is 12.3 Å². The lowest BCUT2D eigenvalue weighted by Crippen LogP contribution is -2.08. The van der Waals surface area contributed by atoms with Crippen LogP contribution in [0.25, 0.3) is 6.08 Å². The van der Waals surface area contributed by atoms with Gasteiger partial charge in [0.2, 0.25) is 0 Å². The summed E-state index contributed by atoms with van der Waals surface area (Å²) in [5.41, 5.74) is 7.06. The van der Waals surface area contributed by atoms with Gasteiger partial charge in [-0.2, -0.15) is 0 Å². The number of anilines is 1. The molecule has 0 aromatic heterocycles. The van der Waals surface area contributed by atoms with E-state index in [2.05, 4.69) is 0 Å². The number of rotatable bonds is 4. The van der Waals surface area contributed by atoms with Crippen molar-refractivity contribution in [3.63, 3.8) is 0 Å². The Labute approximate surface area is 93.7 Å². The largest absolute Gasteiger partial charge is 0.462 e. The number of ether oxygens (including phenoxy) is 1. The fraction of sp³-hybridized carbons (Fsp3) is 0.167. The standard InChI is InChI=1S/C12H13NO3/c1-2-16-12(15)10-8-9(4-3-7-14)5-6-11(10)13/h3-8H,2,13H2,1H3. The van der Waals surface area contributed by atoms with Crippen LogP contribution < -0.4 is 5.73 Å². The highest BCUT2D eigenvalue weighted by atomic mass is 16.5. The van der Waals surface area contributed by atoms with E-state index < -0.39 is 5.97 Å². The van der Waals surface area contributed by atoms with E-state index in [0.717, 1.165) is 5.56 Å². The van der Waals surface area contributed by atoms with Crippen LogP contribution in [-0.4, -0.2) is 18.9 Å². The molecule has 4 heteroatoms. The SMILES string of the molecule is CCOC(=O)c1cc(C=CC=O)ccc1N. The molecule has 1 aromatic rings. The van der Waals surface area contributed by atoms with Crippen LogP contribution in [0.5, 0.6) is 0 Å². The van der Waals surface area contributed by atoms with Gasteiger partial charge >= 0.3 is 5.97 Å². The van der Waals surface area contributed by atoms with Crippen LogP contribution in [0.1, 0.15) is 22.8 Å². The summed E-state index contributed by atoms with van der Waals surface area (Å²) in [6.07, 6.45) is 3.61. The number of benzene rings is 1. The fourth-order valence-corrected chi connectivity index (χ4v) is 1.21. The molecule has 0 aliphatic rings. The number of hydrogen-bond acceptors (Lipinski definition) is 4. The number of nitrogen functional groups attached to an aromatic ring is 1. The molecule has 0 heterocycles. The van der Waals surface area contributed by atoms with Gasteiger partial charge in [-0.25, -0.2) is 4.79 Å². The third-order valence-electron chi connectivity index (χ3n) is 1.94. The topological polar surface area (TPSA) is 69.4 Å². The molecule has 0 atom stereocenters. The number of carbonyl (C=O) groups excluding carboxylic acids is 2. The Morgan fingerprint density at radius 1 is 1.50 bits per heavy atom. The van der Waals surface area contributed by atoms with E-state index in [1.807, 2.05) is 0 Å². The van der Waals surface area contributed by atoms with Crippen molar-refractivity contribution in [3.8, 4) is 0 Å². The molecule has 2 N–H and O–H groups in total. The molecule has 0 unspecified atom stereocenters. The molecule has 4 nitrogen and oxygen atoms in total. The molecule has 16 heavy (non-hydrogen) atoms. The molecule has 0 bridgehead atoms. The fourth-order valence-electron chi connectivity index (χ4n) is 1.21. The van der Waals surface area contributed by atoms with Crippen LogP contribution in [0, 0.1) is 0 Å². The first-order valence-electron chi connectivity index (χ1n) is 4.87. The van der Waals surface area contributed by atoms with Crippen molar-refractivity contribution in [2.45, 2.75) is 6.92 Å². The number of aldehydes is 1. The maximum atomic E-state index is 11.5. The molecular weight excluding hydrogens is 206 g/mol. The Morgan fingerprint density at radius 3 is 2.88 bits per heavy atom. The highest BCUT2D eigenvalue weighted by Gasteiger charge is 2.10. The van der Waals surface area contributed by atoms with E-state index in [-0.39, 0.29) is 0 Å². The van der Waals surface area contributed by atoms with Crippen molar-refractivity contribution >= 4 is 24.0 Å². The Bertz CT molecular complexity index is 424. The lowest BCUT2D eigenvalue weighted by atomic mass is 10.1. The molecule has 1 aromatic carbocycles. The zero-order valence-corrected chi connectivity index (χ0v) is 8.97. The highest BCUT2D eigenvalue weighted by molar-refractivity contribution is 5.96. The van der Waals surface area contributed by atoms with Crippen molar-refractivity contribution < 1.29 is 14.3 Å². The summed E-state index contributed by atoms with van der Waals surface area (Å²) < 4.78 is 4.86. The number of esters is 1. The second kappa shape index (κ2) is 5.70. The average Bonchev–Trinajstić information content (AvgIpc) is 2.28. The summed E-state index contributed by atoms with van der Waals surface area (Å²) in [5.74, 6) is -0.457. The second-order valence-corrected chi connectivity index (χ2v) is 3.06. The Balaban J connectivity index is 3.03. The van der Waals surface area contributed by atoms with E-state index in [1.165, 1.54) is 6.08 Å². The Morgan fingerprint density at radius 2 is 2.25 bits per heavy atom. The maximum absolute atomic E-state index is 11.5. The molecule has 0 spiro atoms. The first-order chi connectivity index (χ1) is 7.69. The van der Waals surface area contributed by atoms with Crippen molar-refractivity contribution in [1.82, 2.24) is 0 Å². The van der Waals surface area contributed by atoms with E-state index in [9.17, 15) is 9.59 Å². The summed E-state index contributed by atoms with van der Waals surface area (Å²) in [7, 11) is 0. The summed E-state index contributed by atoms with van der Waals surface area (Å²) in [4.78, 5) is 21.7. The first-order valence-corrected chi connectivity index (χ1v) is 4.87. The predicted molar refractivity (Wildman–Crippen MR) is 61.9 cm³/mol. The molecule has 0 radical (unpaired) electrons. The molecule has 0 fully saturated rings. The summed E-state index contributed by atoms with van der Waals surface area (Å²) in [6, 6.07) is 4.92. The molecule has 0 amide bonds. The lowest BCUT2D eigenvalue weighted by Gasteiger charge is -2.05. The average molecular weight is 219 g/mol. The lowest BCUT2D eigenvalue weighted by molar-refractivity contribution is -0.104. The third-order valence-corrected chi connectivity index (χ3v) is 1.94. The van der Waals surface area contributed by atoms with Gasteiger partial charge in [0.1, 0.15) is 6.29 Å². The van der Waals surface area contributed by atoms with Gasteiger partial charge in [0.25, 0.3) is 0 Å². The van der Waals surface area contributed by atoms with Crippen LogP contribution in [0.4, 0.5) is 5.69 Å². The van der Waals surface area contributed by atoms with E-state index in [0.29, 0.717) is 24.1 Å². The normalized spacial score (nSPS) is 10.3. The second-order valence-electron chi connectivity index (χ2n) is 3.06. The Hall–Kier alpha value is -2.10. The van der Waals surface area contributed by atoms with Gasteiger partial charge in [-0.05, 0) is 30.7 Å². The number of carbonyl (C=O) groups is 2. The smallest absolute Gasteiger partial charge is 0.340 e. The zero-order valence-electron chi connectivity index (χ0n) is 8.97. The van der Waals surface area contributed by atoms with Crippen LogP contribution in [-0.2, 0) is 9.53 Å².